The van der Waals surface area contributed by atoms with Gasteiger partial charge in [0.1, 0.15) is 0 Å². The molecular weight excluding hydrogens is 392 g/mol. The van der Waals surface area contributed by atoms with Gasteiger partial charge in [-0.1, -0.05) is 12.8 Å². The molecule has 0 aromatic carbocycles. The van der Waals surface area contributed by atoms with E-state index >= 15 is 0 Å². The Morgan fingerprint density at radius 1 is 1.10 bits per heavy atom. The maximum Gasteiger partial charge on any atom is 0.254 e. The first kappa shape index (κ1) is 20.3. The quantitative estimate of drug-likeness (QED) is 0.714. The number of rotatable bonds is 4. The molecule has 3 fully saturated rings. The molecule has 2 aliphatic heterocycles. The Balaban J connectivity index is 1.19. The van der Waals surface area contributed by atoms with Crippen LogP contribution < -0.4 is 0 Å². The van der Waals surface area contributed by atoms with Crippen molar-refractivity contribution in [2.75, 3.05) is 19.6 Å². The summed E-state index contributed by atoms with van der Waals surface area (Å²) >= 11 is 1.81. The number of amides is 1. The molecule has 30 heavy (non-hydrogen) atoms. The standard InChI is InChI=1S/C24H34N4OS/c1-26-15-18(14-25-26)16-27-11-8-20(9-12-27)23-13-21(17-30-23)24(29)28-10-4-6-19-5-2-3-7-22(19)28/h13-15,17,19-20,22H,2-12,16H2,1H3. The average Bonchev–Trinajstić information content (AvgIpc) is 3.43. The van der Waals surface area contributed by atoms with E-state index in [4.69, 9.17) is 0 Å². The fourth-order valence-electron chi connectivity index (χ4n) is 5.91. The van der Waals surface area contributed by atoms with Gasteiger partial charge in [-0.25, -0.2) is 0 Å². The van der Waals surface area contributed by atoms with E-state index in [-0.39, 0.29) is 0 Å². The van der Waals surface area contributed by atoms with Crippen molar-refractivity contribution in [2.45, 2.75) is 69.9 Å². The van der Waals surface area contributed by atoms with Gasteiger partial charge in [-0.2, -0.15) is 5.10 Å². The maximum atomic E-state index is 13.3. The van der Waals surface area contributed by atoms with Crippen LogP contribution in [0.4, 0.5) is 0 Å². The highest BCUT2D eigenvalue weighted by Crippen LogP contribution is 2.37. The molecule has 5 nitrogen and oxygen atoms in total. The van der Waals surface area contributed by atoms with Gasteiger partial charge in [0.15, 0.2) is 0 Å². The SMILES string of the molecule is Cn1cc(CN2CCC(c3cc(C(=O)N4CCCC5CCCCC54)cs3)CC2)cn1. The third kappa shape index (κ3) is 4.22. The predicted octanol–water partition coefficient (Wildman–Crippen LogP) is 4.66. The lowest BCUT2D eigenvalue weighted by Crippen LogP contribution is -2.49. The molecule has 2 unspecified atom stereocenters. The Morgan fingerprint density at radius 2 is 1.90 bits per heavy atom. The summed E-state index contributed by atoms with van der Waals surface area (Å²) in [5.41, 5.74) is 2.24. The van der Waals surface area contributed by atoms with Crippen LogP contribution in [0.3, 0.4) is 0 Å². The van der Waals surface area contributed by atoms with E-state index < -0.39 is 0 Å². The third-order valence-electron chi connectivity index (χ3n) is 7.53. The molecule has 2 saturated heterocycles. The highest BCUT2D eigenvalue weighted by molar-refractivity contribution is 7.10. The van der Waals surface area contributed by atoms with Crippen molar-refractivity contribution >= 4 is 17.2 Å². The summed E-state index contributed by atoms with van der Waals surface area (Å²) in [4.78, 5) is 19.5. The van der Waals surface area contributed by atoms with Crippen LogP contribution in [0.25, 0.3) is 0 Å². The van der Waals surface area contributed by atoms with Crippen LogP contribution in [0.2, 0.25) is 0 Å². The summed E-state index contributed by atoms with van der Waals surface area (Å²) < 4.78 is 1.88. The molecule has 4 heterocycles. The zero-order valence-corrected chi connectivity index (χ0v) is 18.9. The normalized spacial score (nSPS) is 26.0. The lowest BCUT2D eigenvalue weighted by molar-refractivity contribution is 0.0391. The first-order chi connectivity index (χ1) is 14.7. The van der Waals surface area contributed by atoms with Crippen LogP contribution in [0.15, 0.2) is 23.8 Å². The van der Waals surface area contributed by atoms with Gasteiger partial charge in [0, 0.05) is 48.2 Å². The van der Waals surface area contributed by atoms with E-state index in [2.05, 4.69) is 32.5 Å². The Kier molecular flexibility index (Phi) is 5.96. The monoisotopic (exact) mass is 426 g/mol. The van der Waals surface area contributed by atoms with Crippen LogP contribution in [-0.2, 0) is 13.6 Å². The molecular formula is C24H34N4OS. The highest BCUT2D eigenvalue weighted by Gasteiger charge is 2.36. The lowest BCUT2D eigenvalue weighted by Gasteiger charge is -2.44. The van der Waals surface area contributed by atoms with E-state index in [1.807, 2.05) is 17.9 Å². The smallest absolute Gasteiger partial charge is 0.254 e. The van der Waals surface area contributed by atoms with Gasteiger partial charge < -0.3 is 4.90 Å². The lowest BCUT2D eigenvalue weighted by atomic mass is 9.78. The van der Waals surface area contributed by atoms with E-state index in [1.165, 1.54) is 61.8 Å². The van der Waals surface area contributed by atoms with Crippen molar-refractivity contribution in [1.29, 1.82) is 0 Å². The average molecular weight is 427 g/mol. The molecule has 2 aromatic rings. The second-order valence-electron chi connectivity index (χ2n) is 9.56. The summed E-state index contributed by atoms with van der Waals surface area (Å²) in [5, 5.41) is 6.41. The zero-order valence-electron chi connectivity index (χ0n) is 18.1. The molecule has 5 rings (SSSR count). The first-order valence-electron chi connectivity index (χ1n) is 11.8. The number of piperidine rings is 2. The number of carbonyl (C=O) groups excluding carboxylic acids is 1. The number of nitrogens with zero attached hydrogens (tertiary/aromatic N) is 4. The van der Waals surface area contributed by atoms with Crippen molar-refractivity contribution in [3.05, 3.63) is 39.8 Å². The van der Waals surface area contributed by atoms with Crippen LogP contribution >= 0.6 is 11.3 Å². The van der Waals surface area contributed by atoms with Gasteiger partial charge in [0.05, 0.1) is 11.8 Å². The van der Waals surface area contributed by atoms with Gasteiger partial charge in [0.25, 0.3) is 5.91 Å². The number of likely N-dealkylation sites (tertiary alicyclic amines) is 2. The van der Waals surface area contributed by atoms with Crippen LogP contribution in [-0.4, -0.2) is 51.2 Å². The van der Waals surface area contributed by atoms with E-state index in [1.54, 1.807) is 11.3 Å². The van der Waals surface area contributed by atoms with Crippen LogP contribution in [0, 0.1) is 5.92 Å². The van der Waals surface area contributed by atoms with Gasteiger partial charge in [-0.05, 0) is 69.5 Å². The molecule has 6 heteroatoms. The molecule has 162 valence electrons. The van der Waals surface area contributed by atoms with E-state index in [0.717, 1.165) is 37.7 Å². The van der Waals surface area contributed by atoms with Gasteiger partial charge in [0.2, 0.25) is 0 Å². The van der Waals surface area contributed by atoms with Crippen LogP contribution in [0.5, 0.6) is 0 Å². The highest BCUT2D eigenvalue weighted by atomic mass is 32.1. The van der Waals surface area contributed by atoms with E-state index in [0.29, 0.717) is 17.9 Å². The summed E-state index contributed by atoms with van der Waals surface area (Å²) in [6, 6.07) is 2.72. The molecule has 2 atom stereocenters. The Bertz CT molecular complexity index is 864. The summed E-state index contributed by atoms with van der Waals surface area (Å²) in [7, 11) is 1.98. The minimum atomic E-state index is 0.295. The van der Waals surface area contributed by atoms with Crippen molar-refractivity contribution in [2.24, 2.45) is 13.0 Å². The Hall–Kier alpha value is -1.66. The molecule has 1 saturated carbocycles. The number of aromatic nitrogens is 2. The third-order valence-corrected chi connectivity index (χ3v) is 8.62. The summed E-state index contributed by atoms with van der Waals surface area (Å²) in [6.07, 6.45) is 14.1. The number of carbonyl (C=O) groups is 1. The van der Waals surface area contributed by atoms with Crippen molar-refractivity contribution in [3.8, 4) is 0 Å². The fourth-order valence-corrected chi connectivity index (χ4v) is 6.96. The number of thiophene rings is 1. The van der Waals surface area contributed by atoms with Crippen molar-refractivity contribution in [1.82, 2.24) is 19.6 Å². The van der Waals surface area contributed by atoms with Gasteiger partial charge in [-0.3, -0.25) is 14.4 Å². The minimum absolute atomic E-state index is 0.295. The fraction of sp³-hybridized carbons (Fsp3) is 0.667. The second kappa shape index (κ2) is 8.83. The van der Waals surface area contributed by atoms with Gasteiger partial charge >= 0.3 is 0 Å². The number of aryl methyl sites for hydroxylation is 1. The topological polar surface area (TPSA) is 41.4 Å². The van der Waals surface area contributed by atoms with E-state index in [9.17, 15) is 4.79 Å². The van der Waals surface area contributed by atoms with Crippen molar-refractivity contribution < 1.29 is 4.79 Å². The first-order valence-corrected chi connectivity index (χ1v) is 12.6. The molecule has 2 aromatic heterocycles. The Labute approximate surface area is 184 Å². The summed E-state index contributed by atoms with van der Waals surface area (Å²) in [5.74, 6) is 1.65. The number of fused-ring (bicyclic) bond motifs is 1. The summed E-state index contributed by atoms with van der Waals surface area (Å²) in [6.45, 7) is 4.19. The molecule has 0 radical (unpaired) electrons. The minimum Gasteiger partial charge on any atom is -0.335 e. The molecule has 1 aliphatic carbocycles. The molecule has 3 aliphatic rings. The second-order valence-corrected chi connectivity index (χ2v) is 10.5. The van der Waals surface area contributed by atoms with Crippen molar-refractivity contribution in [3.63, 3.8) is 0 Å². The Morgan fingerprint density at radius 3 is 2.70 bits per heavy atom. The largest absolute Gasteiger partial charge is 0.335 e. The zero-order chi connectivity index (χ0) is 20.5. The predicted molar refractivity (Wildman–Crippen MR) is 121 cm³/mol. The molecule has 1 amide bonds. The van der Waals surface area contributed by atoms with Gasteiger partial charge in [-0.15, -0.1) is 11.3 Å². The maximum absolute atomic E-state index is 13.3. The van der Waals surface area contributed by atoms with Crippen LogP contribution in [0.1, 0.15) is 78.1 Å². The number of hydrogen-bond donors (Lipinski definition) is 0. The molecule has 0 N–H and O–H groups in total. The molecule has 0 bridgehead atoms. The number of hydrogen-bond acceptors (Lipinski definition) is 4. The molecule has 0 spiro atoms.